The molecule has 0 saturated heterocycles. The number of nitrogens with zero attached hydrogens (tertiary/aromatic N) is 1. The average molecular weight is 201 g/mol. The lowest BCUT2D eigenvalue weighted by atomic mass is 10.2. The summed E-state index contributed by atoms with van der Waals surface area (Å²) in [5.41, 5.74) is 0. The molecule has 0 aliphatic carbocycles. The summed E-state index contributed by atoms with van der Waals surface area (Å²) in [6.07, 6.45) is 2.23. The monoisotopic (exact) mass is 201 g/mol. The van der Waals surface area contributed by atoms with E-state index >= 15 is 0 Å². The molecule has 82 valence electrons. The third kappa shape index (κ3) is 5.56. The maximum absolute atomic E-state index is 11.5. The molecular weight excluding hydrogens is 182 g/mol. The molecule has 0 atom stereocenters. The number of aliphatic carboxylic acids is 1. The van der Waals surface area contributed by atoms with E-state index in [1.807, 2.05) is 13.8 Å². The number of carboxylic acid groups (broad SMARTS) is 1. The van der Waals surface area contributed by atoms with Crippen LogP contribution in [0.4, 0.5) is 0 Å². The smallest absolute Gasteiger partial charge is 0.305 e. The summed E-state index contributed by atoms with van der Waals surface area (Å²) in [7, 11) is 0. The first-order chi connectivity index (χ1) is 6.61. The van der Waals surface area contributed by atoms with Crippen molar-refractivity contribution in [2.75, 3.05) is 13.1 Å². The Labute approximate surface area is 84.9 Å². The van der Waals surface area contributed by atoms with Gasteiger partial charge in [-0.1, -0.05) is 13.8 Å². The number of carbonyl (C=O) groups excluding carboxylic acids is 1. The Kier molecular flexibility index (Phi) is 6.80. The standard InChI is InChI=1S/C10H19NO3/c1-3-5-9(12)11(7-4-2)8-6-10(13)14/h3-8H2,1-2H3,(H,13,14). The molecule has 4 nitrogen and oxygen atoms in total. The van der Waals surface area contributed by atoms with Crippen LogP contribution in [0.2, 0.25) is 0 Å². The van der Waals surface area contributed by atoms with E-state index in [2.05, 4.69) is 0 Å². The fraction of sp³-hybridized carbons (Fsp3) is 0.800. The van der Waals surface area contributed by atoms with Crippen molar-refractivity contribution in [3.05, 3.63) is 0 Å². The van der Waals surface area contributed by atoms with Crippen LogP contribution < -0.4 is 0 Å². The Morgan fingerprint density at radius 1 is 1.07 bits per heavy atom. The van der Waals surface area contributed by atoms with Crippen molar-refractivity contribution in [1.82, 2.24) is 4.90 Å². The van der Waals surface area contributed by atoms with Crippen molar-refractivity contribution in [2.24, 2.45) is 0 Å². The van der Waals surface area contributed by atoms with Gasteiger partial charge >= 0.3 is 5.97 Å². The molecule has 0 saturated carbocycles. The van der Waals surface area contributed by atoms with Gasteiger partial charge in [0.05, 0.1) is 6.42 Å². The van der Waals surface area contributed by atoms with Gasteiger partial charge in [0.2, 0.25) is 5.91 Å². The maximum Gasteiger partial charge on any atom is 0.305 e. The fourth-order valence-electron chi connectivity index (χ4n) is 1.23. The minimum absolute atomic E-state index is 0.0372. The van der Waals surface area contributed by atoms with Gasteiger partial charge in [-0.05, 0) is 12.8 Å². The second kappa shape index (κ2) is 7.35. The van der Waals surface area contributed by atoms with Crippen LogP contribution in [0, 0.1) is 0 Å². The number of rotatable bonds is 7. The summed E-state index contributed by atoms with van der Waals surface area (Å²) in [6, 6.07) is 0. The molecule has 0 heterocycles. The average Bonchev–Trinajstić information content (AvgIpc) is 2.12. The summed E-state index contributed by atoms with van der Waals surface area (Å²) >= 11 is 0. The molecule has 0 aliphatic rings. The zero-order chi connectivity index (χ0) is 11.0. The van der Waals surface area contributed by atoms with E-state index in [1.165, 1.54) is 0 Å². The van der Waals surface area contributed by atoms with Gasteiger partial charge in [-0.2, -0.15) is 0 Å². The zero-order valence-electron chi connectivity index (χ0n) is 8.95. The molecule has 0 unspecified atom stereocenters. The number of carboxylic acids is 1. The Balaban J connectivity index is 3.99. The Bertz CT molecular complexity index is 192. The first-order valence-corrected chi connectivity index (χ1v) is 5.11. The van der Waals surface area contributed by atoms with Gasteiger partial charge in [0.25, 0.3) is 0 Å². The molecule has 1 N–H and O–H groups in total. The summed E-state index contributed by atoms with van der Waals surface area (Å²) in [5.74, 6) is -0.786. The quantitative estimate of drug-likeness (QED) is 0.679. The summed E-state index contributed by atoms with van der Waals surface area (Å²) in [5, 5.41) is 8.50. The largest absolute Gasteiger partial charge is 0.481 e. The van der Waals surface area contributed by atoms with Gasteiger partial charge in [-0.25, -0.2) is 0 Å². The van der Waals surface area contributed by atoms with Crippen molar-refractivity contribution < 1.29 is 14.7 Å². The lowest BCUT2D eigenvalue weighted by Gasteiger charge is -2.20. The van der Waals surface area contributed by atoms with Crippen molar-refractivity contribution in [3.8, 4) is 0 Å². The molecule has 0 aromatic heterocycles. The van der Waals surface area contributed by atoms with E-state index in [0.717, 1.165) is 12.8 Å². The second-order valence-electron chi connectivity index (χ2n) is 3.27. The summed E-state index contributed by atoms with van der Waals surface area (Å²) < 4.78 is 0. The summed E-state index contributed by atoms with van der Waals surface area (Å²) in [6.45, 7) is 4.92. The highest BCUT2D eigenvalue weighted by Crippen LogP contribution is 2.00. The Morgan fingerprint density at radius 3 is 2.14 bits per heavy atom. The van der Waals surface area contributed by atoms with Crippen LogP contribution in [0.3, 0.4) is 0 Å². The van der Waals surface area contributed by atoms with Gasteiger partial charge in [0, 0.05) is 19.5 Å². The van der Waals surface area contributed by atoms with Crippen LogP contribution in [0.25, 0.3) is 0 Å². The molecule has 0 radical (unpaired) electrons. The molecule has 0 aromatic carbocycles. The molecule has 0 fully saturated rings. The third-order valence-electron chi connectivity index (χ3n) is 1.91. The van der Waals surface area contributed by atoms with Crippen LogP contribution in [0.15, 0.2) is 0 Å². The van der Waals surface area contributed by atoms with Gasteiger partial charge in [-0.15, -0.1) is 0 Å². The van der Waals surface area contributed by atoms with Crippen molar-refractivity contribution in [3.63, 3.8) is 0 Å². The van der Waals surface area contributed by atoms with Crippen molar-refractivity contribution in [1.29, 1.82) is 0 Å². The predicted molar refractivity (Wildman–Crippen MR) is 54.0 cm³/mol. The predicted octanol–water partition coefficient (Wildman–Crippen LogP) is 1.50. The molecule has 1 amide bonds. The highest BCUT2D eigenvalue weighted by molar-refractivity contribution is 5.76. The van der Waals surface area contributed by atoms with E-state index in [0.29, 0.717) is 19.5 Å². The molecule has 0 aromatic rings. The number of amides is 1. The van der Waals surface area contributed by atoms with Gasteiger partial charge in [0.15, 0.2) is 0 Å². The molecule has 0 bridgehead atoms. The zero-order valence-corrected chi connectivity index (χ0v) is 8.95. The molecule has 0 aliphatic heterocycles. The van der Waals surface area contributed by atoms with E-state index in [4.69, 9.17) is 5.11 Å². The summed E-state index contributed by atoms with van der Waals surface area (Å²) in [4.78, 5) is 23.5. The highest BCUT2D eigenvalue weighted by Gasteiger charge is 2.12. The maximum atomic E-state index is 11.5. The van der Waals surface area contributed by atoms with Gasteiger partial charge < -0.3 is 10.0 Å². The highest BCUT2D eigenvalue weighted by atomic mass is 16.4. The van der Waals surface area contributed by atoms with Crippen molar-refractivity contribution in [2.45, 2.75) is 39.5 Å². The van der Waals surface area contributed by atoms with Crippen LogP contribution in [0.1, 0.15) is 39.5 Å². The number of hydrogen-bond acceptors (Lipinski definition) is 2. The van der Waals surface area contributed by atoms with E-state index < -0.39 is 5.97 Å². The lowest BCUT2D eigenvalue weighted by Crippen LogP contribution is -2.33. The number of hydrogen-bond donors (Lipinski definition) is 1. The molecule has 0 spiro atoms. The van der Waals surface area contributed by atoms with Crippen LogP contribution in [-0.4, -0.2) is 35.0 Å². The lowest BCUT2D eigenvalue weighted by molar-refractivity contribution is -0.138. The first kappa shape index (κ1) is 12.9. The fourth-order valence-corrected chi connectivity index (χ4v) is 1.23. The van der Waals surface area contributed by atoms with E-state index in [9.17, 15) is 9.59 Å². The van der Waals surface area contributed by atoms with Gasteiger partial charge in [0.1, 0.15) is 0 Å². The van der Waals surface area contributed by atoms with Crippen LogP contribution >= 0.6 is 0 Å². The first-order valence-electron chi connectivity index (χ1n) is 5.11. The minimum Gasteiger partial charge on any atom is -0.481 e. The molecular formula is C10H19NO3. The van der Waals surface area contributed by atoms with Crippen molar-refractivity contribution >= 4 is 11.9 Å². The Hall–Kier alpha value is -1.06. The van der Waals surface area contributed by atoms with E-state index in [-0.39, 0.29) is 12.3 Å². The third-order valence-corrected chi connectivity index (χ3v) is 1.91. The van der Waals surface area contributed by atoms with Gasteiger partial charge in [-0.3, -0.25) is 9.59 Å². The Morgan fingerprint density at radius 2 is 1.71 bits per heavy atom. The SMILES string of the molecule is CCCC(=O)N(CCC)CCC(=O)O. The van der Waals surface area contributed by atoms with Crippen LogP contribution in [0.5, 0.6) is 0 Å². The molecule has 0 rings (SSSR count). The van der Waals surface area contributed by atoms with Crippen LogP contribution in [-0.2, 0) is 9.59 Å². The molecule has 4 heteroatoms. The minimum atomic E-state index is -0.851. The second-order valence-corrected chi connectivity index (χ2v) is 3.27. The normalized spacial score (nSPS) is 9.86. The van der Waals surface area contributed by atoms with E-state index in [1.54, 1.807) is 4.90 Å². The molecule has 14 heavy (non-hydrogen) atoms. The number of carbonyl (C=O) groups is 2. The topological polar surface area (TPSA) is 57.6 Å².